The van der Waals surface area contributed by atoms with Crippen molar-refractivity contribution in [2.75, 3.05) is 25.2 Å². The summed E-state index contributed by atoms with van der Waals surface area (Å²) >= 11 is 0. The van der Waals surface area contributed by atoms with E-state index in [9.17, 15) is 14.4 Å². The molecule has 1 N–H and O–H groups in total. The first-order chi connectivity index (χ1) is 12.5. The number of Topliss-reactive ketones (excluding diaryl/α,β-unsaturated/α-hetero) is 1. The van der Waals surface area contributed by atoms with E-state index in [-0.39, 0.29) is 36.2 Å². The van der Waals surface area contributed by atoms with E-state index < -0.39 is 0 Å². The van der Waals surface area contributed by atoms with Crippen molar-refractivity contribution < 1.29 is 23.9 Å². The molecule has 3 aliphatic rings. The zero-order valence-corrected chi connectivity index (χ0v) is 14.7. The van der Waals surface area contributed by atoms with Crippen LogP contribution in [0.2, 0.25) is 0 Å². The number of hydrogen-bond donors (Lipinski definition) is 1. The summed E-state index contributed by atoms with van der Waals surface area (Å²) in [6, 6.07) is 3.24. The van der Waals surface area contributed by atoms with Crippen LogP contribution in [0.3, 0.4) is 0 Å². The summed E-state index contributed by atoms with van der Waals surface area (Å²) in [7, 11) is 0. The van der Waals surface area contributed by atoms with Crippen molar-refractivity contribution in [3.05, 3.63) is 17.7 Å². The van der Waals surface area contributed by atoms with Gasteiger partial charge in [-0.3, -0.25) is 14.4 Å². The summed E-state index contributed by atoms with van der Waals surface area (Å²) in [6.07, 6.45) is 3.17. The van der Waals surface area contributed by atoms with Gasteiger partial charge in [-0.25, -0.2) is 0 Å². The van der Waals surface area contributed by atoms with Crippen LogP contribution in [-0.4, -0.2) is 42.4 Å². The highest BCUT2D eigenvalue weighted by Gasteiger charge is 2.37. The van der Waals surface area contributed by atoms with Crippen molar-refractivity contribution in [2.45, 2.75) is 32.6 Å². The molecule has 0 radical (unpaired) electrons. The normalized spacial score (nSPS) is 21.0. The van der Waals surface area contributed by atoms with E-state index in [0.717, 1.165) is 25.8 Å². The van der Waals surface area contributed by atoms with E-state index in [1.165, 1.54) is 6.92 Å². The molecule has 1 aromatic rings. The molecule has 2 amide bonds. The Hall–Kier alpha value is -2.57. The molecule has 1 saturated heterocycles. The average molecular weight is 358 g/mol. The number of benzene rings is 1. The standard InChI is InChI=1S/C19H22N2O5/c1-11(22)14-7-16-17(26-10-25-16)8-15(14)20-18(23)6-12-4-5-21(9-12)19(24)13-2-3-13/h7-8,12-13H,2-6,9-10H2,1H3,(H,20,23). The third-order valence-corrected chi connectivity index (χ3v) is 5.16. The molecule has 1 unspecified atom stereocenters. The second-order valence-corrected chi connectivity index (χ2v) is 7.27. The molecule has 2 fully saturated rings. The molecule has 7 nitrogen and oxygen atoms in total. The fourth-order valence-electron chi connectivity index (χ4n) is 3.59. The van der Waals surface area contributed by atoms with Gasteiger partial charge in [0, 0.05) is 37.1 Å². The summed E-state index contributed by atoms with van der Waals surface area (Å²) < 4.78 is 10.6. The maximum Gasteiger partial charge on any atom is 0.231 e. The summed E-state index contributed by atoms with van der Waals surface area (Å²) in [5.41, 5.74) is 0.843. The van der Waals surface area contributed by atoms with Gasteiger partial charge in [-0.05, 0) is 38.2 Å². The van der Waals surface area contributed by atoms with Crippen LogP contribution in [0.5, 0.6) is 11.5 Å². The topological polar surface area (TPSA) is 84.9 Å². The molecule has 0 spiro atoms. The average Bonchev–Trinajstić information content (AvgIpc) is 3.17. The number of carbonyl (C=O) groups is 3. The summed E-state index contributed by atoms with van der Waals surface area (Å²) in [6.45, 7) is 2.93. The summed E-state index contributed by atoms with van der Waals surface area (Å²) in [5.74, 6) is 1.34. The van der Waals surface area contributed by atoms with Crippen LogP contribution < -0.4 is 14.8 Å². The third-order valence-electron chi connectivity index (χ3n) is 5.16. The second kappa shape index (κ2) is 6.63. The molecule has 1 saturated carbocycles. The minimum absolute atomic E-state index is 0.108. The molecule has 2 aliphatic heterocycles. The van der Waals surface area contributed by atoms with Crippen molar-refractivity contribution in [3.63, 3.8) is 0 Å². The lowest BCUT2D eigenvalue weighted by atomic mass is 10.0. The lowest BCUT2D eigenvalue weighted by molar-refractivity contribution is -0.131. The number of nitrogens with one attached hydrogen (secondary N) is 1. The molecular weight excluding hydrogens is 336 g/mol. The molecule has 7 heteroatoms. The highest BCUT2D eigenvalue weighted by atomic mass is 16.7. The Bertz CT molecular complexity index is 771. The van der Waals surface area contributed by atoms with Crippen LogP contribution in [0.4, 0.5) is 5.69 Å². The maximum absolute atomic E-state index is 12.5. The van der Waals surface area contributed by atoms with E-state index in [1.54, 1.807) is 12.1 Å². The quantitative estimate of drug-likeness (QED) is 0.816. The minimum atomic E-state index is -0.155. The minimum Gasteiger partial charge on any atom is -0.454 e. The van der Waals surface area contributed by atoms with Gasteiger partial charge < -0.3 is 19.7 Å². The van der Waals surface area contributed by atoms with Gasteiger partial charge in [-0.1, -0.05) is 0 Å². The van der Waals surface area contributed by atoms with E-state index in [4.69, 9.17) is 9.47 Å². The molecule has 1 aliphatic carbocycles. The number of hydrogen-bond acceptors (Lipinski definition) is 5. The van der Waals surface area contributed by atoms with Crippen LogP contribution >= 0.6 is 0 Å². The predicted molar refractivity (Wildman–Crippen MR) is 93.2 cm³/mol. The largest absolute Gasteiger partial charge is 0.454 e. The van der Waals surface area contributed by atoms with E-state index >= 15 is 0 Å². The van der Waals surface area contributed by atoms with Crippen LogP contribution in [0.25, 0.3) is 0 Å². The zero-order chi connectivity index (χ0) is 18.3. The number of rotatable bonds is 5. The van der Waals surface area contributed by atoms with Gasteiger partial charge in [0.1, 0.15) is 0 Å². The SMILES string of the molecule is CC(=O)c1cc2c(cc1NC(=O)CC1CCN(C(=O)C3CC3)C1)OCO2. The number of fused-ring (bicyclic) bond motifs is 1. The number of amides is 2. The molecule has 0 aromatic heterocycles. The Morgan fingerprint density at radius 3 is 2.58 bits per heavy atom. The van der Waals surface area contributed by atoms with E-state index in [2.05, 4.69) is 5.32 Å². The van der Waals surface area contributed by atoms with Gasteiger partial charge in [0.15, 0.2) is 17.3 Å². The molecule has 0 bridgehead atoms. The number of nitrogens with zero attached hydrogens (tertiary/aromatic N) is 1. The zero-order valence-electron chi connectivity index (χ0n) is 14.7. The first-order valence-electron chi connectivity index (χ1n) is 9.04. The number of likely N-dealkylation sites (tertiary alicyclic amines) is 1. The van der Waals surface area contributed by atoms with E-state index in [0.29, 0.717) is 35.7 Å². The number of carbonyl (C=O) groups excluding carboxylic acids is 3. The fraction of sp³-hybridized carbons (Fsp3) is 0.526. The number of ketones is 1. The van der Waals surface area contributed by atoms with Gasteiger partial charge in [0.05, 0.1) is 5.69 Å². The van der Waals surface area contributed by atoms with Crippen LogP contribution in [0, 0.1) is 11.8 Å². The molecule has 1 atom stereocenters. The highest BCUT2D eigenvalue weighted by molar-refractivity contribution is 6.04. The molecular formula is C19H22N2O5. The lowest BCUT2D eigenvalue weighted by Crippen LogP contribution is -2.30. The van der Waals surface area contributed by atoms with Gasteiger partial charge >= 0.3 is 0 Å². The monoisotopic (exact) mass is 358 g/mol. The molecule has 1 aromatic carbocycles. The number of ether oxygens (including phenoxy) is 2. The van der Waals surface area contributed by atoms with Crippen molar-refractivity contribution in [2.24, 2.45) is 11.8 Å². The van der Waals surface area contributed by atoms with Gasteiger partial charge in [0.2, 0.25) is 18.6 Å². The van der Waals surface area contributed by atoms with Crippen molar-refractivity contribution in [3.8, 4) is 11.5 Å². The Morgan fingerprint density at radius 2 is 1.88 bits per heavy atom. The van der Waals surface area contributed by atoms with Crippen LogP contribution in [0.1, 0.15) is 43.0 Å². The second-order valence-electron chi connectivity index (χ2n) is 7.27. The smallest absolute Gasteiger partial charge is 0.231 e. The van der Waals surface area contributed by atoms with Gasteiger partial charge in [-0.15, -0.1) is 0 Å². The first-order valence-corrected chi connectivity index (χ1v) is 9.04. The molecule has 138 valence electrons. The van der Waals surface area contributed by atoms with Crippen LogP contribution in [0.15, 0.2) is 12.1 Å². The van der Waals surface area contributed by atoms with Crippen molar-refractivity contribution in [1.82, 2.24) is 4.90 Å². The van der Waals surface area contributed by atoms with Crippen molar-refractivity contribution >= 4 is 23.3 Å². The van der Waals surface area contributed by atoms with Crippen LogP contribution in [-0.2, 0) is 9.59 Å². The van der Waals surface area contributed by atoms with Gasteiger partial charge in [0.25, 0.3) is 0 Å². The Kier molecular flexibility index (Phi) is 4.30. The van der Waals surface area contributed by atoms with E-state index in [1.807, 2.05) is 4.90 Å². The Balaban J connectivity index is 1.39. The summed E-state index contributed by atoms with van der Waals surface area (Å²) in [4.78, 5) is 38.4. The summed E-state index contributed by atoms with van der Waals surface area (Å²) in [5, 5.41) is 2.83. The predicted octanol–water partition coefficient (Wildman–Crippen LogP) is 2.21. The maximum atomic E-state index is 12.5. The third kappa shape index (κ3) is 3.38. The molecule has 2 heterocycles. The number of anilines is 1. The molecule has 26 heavy (non-hydrogen) atoms. The fourth-order valence-corrected chi connectivity index (χ4v) is 3.59. The van der Waals surface area contributed by atoms with Crippen molar-refractivity contribution in [1.29, 1.82) is 0 Å². The lowest BCUT2D eigenvalue weighted by Gasteiger charge is -2.16. The Morgan fingerprint density at radius 1 is 1.15 bits per heavy atom. The molecule has 4 rings (SSSR count). The highest BCUT2D eigenvalue weighted by Crippen LogP contribution is 2.37. The van der Waals surface area contributed by atoms with Gasteiger partial charge in [-0.2, -0.15) is 0 Å². The Labute approximate surface area is 151 Å². The first kappa shape index (κ1) is 16.9.